The maximum atomic E-state index is 12.9. The zero-order valence-corrected chi connectivity index (χ0v) is 17.9. The maximum absolute atomic E-state index is 12.9. The number of carbonyl (C=O) groups excluding carboxylic acids is 1. The topological polar surface area (TPSA) is 81.7 Å². The van der Waals surface area contributed by atoms with E-state index in [1.165, 1.54) is 31.4 Å². The second-order valence-electron chi connectivity index (χ2n) is 6.86. The summed E-state index contributed by atoms with van der Waals surface area (Å²) in [6, 6.07) is 17.4. The second kappa shape index (κ2) is 9.72. The van der Waals surface area contributed by atoms with Crippen LogP contribution >= 0.6 is 0 Å². The van der Waals surface area contributed by atoms with E-state index in [2.05, 4.69) is 9.46 Å². The Kier molecular flexibility index (Phi) is 7.04. The first-order chi connectivity index (χ1) is 14.8. The zero-order valence-electron chi connectivity index (χ0n) is 17.1. The molecule has 6 nitrogen and oxygen atoms in total. The lowest BCUT2D eigenvalue weighted by Gasteiger charge is -2.11. The van der Waals surface area contributed by atoms with Gasteiger partial charge in [-0.2, -0.15) is 0 Å². The number of ether oxygens (including phenoxy) is 2. The van der Waals surface area contributed by atoms with Gasteiger partial charge in [-0.3, -0.25) is 0 Å². The van der Waals surface area contributed by atoms with E-state index in [0.29, 0.717) is 17.9 Å². The Labute approximate surface area is 180 Å². The Hall–Kier alpha value is -3.23. The second-order valence-corrected chi connectivity index (χ2v) is 8.59. The third kappa shape index (κ3) is 5.90. The molecule has 0 unspecified atom stereocenters. The predicted molar refractivity (Wildman–Crippen MR) is 114 cm³/mol. The molecule has 0 amide bonds. The molecular weight excluding hydrogens is 421 g/mol. The summed E-state index contributed by atoms with van der Waals surface area (Å²) in [6.07, 6.45) is 0. The van der Waals surface area contributed by atoms with Gasteiger partial charge in [0.1, 0.15) is 18.2 Å². The molecule has 162 valence electrons. The van der Waals surface area contributed by atoms with Crippen LogP contribution in [0.2, 0.25) is 0 Å². The van der Waals surface area contributed by atoms with Crippen LogP contribution in [0.1, 0.15) is 27.0 Å². The van der Waals surface area contributed by atoms with E-state index >= 15 is 0 Å². The van der Waals surface area contributed by atoms with Crippen molar-refractivity contribution in [1.82, 2.24) is 4.72 Å². The average Bonchev–Trinajstić information content (AvgIpc) is 2.77. The van der Waals surface area contributed by atoms with Crippen molar-refractivity contribution in [2.24, 2.45) is 0 Å². The Bertz CT molecular complexity index is 1160. The molecule has 0 saturated heterocycles. The van der Waals surface area contributed by atoms with Crippen molar-refractivity contribution in [2.75, 3.05) is 7.11 Å². The fraction of sp³-hybridized carbons (Fsp3) is 0.174. The lowest BCUT2D eigenvalue weighted by atomic mass is 10.1. The van der Waals surface area contributed by atoms with E-state index in [1.807, 2.05) is 0 Å². The number of benzene rings is 3. The number of aryl methyl sites for hydroxylation is 1. The minimum Gasteiger partial charge on any atom is -0.489 e. The van der Waals surface area contributed by atoms with Gasteiger partial charge in [-0.1, -0.05) is 30.3 Å². The highest BCUT2D eigenvalue weighted by Gasteiger charge is 2.19. The van der Waals surface area contributed by atoms with Crippen LogP contribution in [-0.4, -0.2) is 21.5 Å². The van der Waals surface area contributed by atoms with Crippen molar-refractivity contribution < 1.29 is 27.1 Å². The number of hydrogen-bond donors (Lipinski definition) is 1. The molecule has 1 N–H and O–H groups in total. The van der Waals surface area contributed by atoms with Gasteiger partial charge in [0.2, 0.25) is 10.0 Å². The number of sulfonamides is 1. The molecule has 0 radical (unpaired) electrons. The van der Waals surface area contributed by atoms with Gasteiger partial charge in [0.15, 0.2) is 0 Å². The van der Waals surface area contributed by atoms with Crippen molar-refractivity contribution in [3.05, 3.63) is 94.8 Å². The number of esters is 1. The third-order valence-corrected chi connectivity index (χ3v) is 6.15. The molecule has 0 bridgehead atoms. The summed E-state index contributed by atoms with van der Waals surface area (Å²) in [4.78, 5) is 11.7. The Morgan fingerprint density at radius 1 is 0.968 bits per heavy atom. The van der Waals surface area contributed by atoms with Gasteiger partial charge < -0.3 is 9.47 Å². The van der Waals surface area contributed by atoms with Crippen LogP contribution in [0.4, 0.5) is 4.39 Å². The lowest BCUT2D eigenvalue weighted by Crippen LogP contribution is -2.24. The number of nitrogens with one attached hydrogen (secondary N) is 1. The van der Waals surface area contributed by atoms with Crippen LogP contribution in [0.25, 0.3) is 0 Å². The monoisotopic (exact) mass is 443 g/mol. The van der Waals surface area contributed by atoms with Crippen LogP contribution in [0.3, 0.4) is 0 Å². The van der Waals surface area contributed by atoms with Crippen LogP contribution in [0.5, 0.6) is 5.75 Å². The molecule has 0 heterocycles. The first kappa shape index (κ1) is 22.5. The third-order valence-electron chi connectivity index (χ3n) is 4.61. The molecule has 0 aliphatic heterocycles. The van der Waals surface area contributed by atoms with Crippen molar-refractivity contribution in [2.45, 2.75) is 25.0 Å². The van der Waals surface area contributed by atoms with Gasteiger partial charge in [0, 0.05) is 6.54 Å². The van der Waals surface area contributed by atoms with E-state index < -0.39 is 16.0 Å². The van der Waals surface area contributed by atoms with E-state index in [1.54, 1.807) is 49.4 Å². The summed E-state index contributed by atoms with van der Waals surface area (Å²) in [5.74, 6) is -0.298. The molecule has 3 aromatic rings. The summed E-state index contributed by atoms with van der Waals surface area (Å²) in [7, 11) is -2.60. The van der Waals surface area contributed by atoms with Gasteiger partial charge in [0.25, 0.3) is 0 Å². The number of methoxy groups -OCH3 is 1. The molecule has 0 saturated carbocycles. The molecule has 0 atom stereocenters. The van der Waals surface area contributed by atoms with Crippen LogP contribution < -0.4 is 9.46 Å². The predicted octanol–water partition coefficient (Wildman–Crippen LogP) is 3.98. The molecule has 0 fully saturated rings. The Morgan fingerprint density at radius 2 is 1.61 bits per heavy atom. The highest BCUT2D eigenvalue weighted by Crippen LogP contribution is 2.19. The average molecular weight is 443 g/mol. The number of hydrogen-bond acceptors (Lipinski definition) is 5. The highest BCUT2D eigenvalue weighted by molar-refractivity contribution is 7.89. The van der Waals surface area contributed by atoms with Crippen molar-refractivity contribution >= 4 is 16.0 Å². The molecule has 3 rings (SSSR count). The summed E-state index contributed by atoms with van der Waals surface area (Å²) < 4.78 is 51.2. The van der Waals surface area contributed by atoms with Crippen molar-refractivity contribution in [3.8, 4) is 5.75 Å². The van der Waals surface area contributed by atoms with E-state index in [9.17, 15) is 17.6 Å². The summed E-state index contributed by atoms with van der Waals surface area (Å²) >= 11 is 0. The molecule has 3 aromatic carbocycles. The maximum Gasteiger partial charge on any atom is 0.337 e. The van der Waals surface area contributed by atoms with Gasteiger partial charge in [-0.05, 0) is 60.0 Å². The SMILES string of the molecule is COC(=O)c1ccc(C)c(S(=O)(=O)NCc2ccc(OCc3ccc(F)cc3)cc2)c1. The number of carbonyl (C=O) groups is 1. The Balaban J connectivity index is 1.63. The molecule has 0 aromatic heterocycles. The molecule has 0 spiro atoms. The van der Waals surface area contributed by atoms with Crippen LogP contribution in [0.15, 0.2) is 71.6 Å². The summed E-state index contributed by atoms with van der Waals surface area (Å²) in [6.45, 7) is 2.02. The van der Waals surface area contributed by atoms with E-state index in [4.69, 9.17) is 4.74 Å². The lowest BCUT2D eigenvalue weighted by molar-refractivity contribution is 0.0600. The van der Waals surface area contributed by atoms with E-state index in [-0.39, 0.29) is 22.8 Å². The minimum atomic E-state index is -3.83. The van der Waals surface area contributed by atoms with Crippen LogP contribution in [-0.2, 0) is 27.9 Å². The zero-order chi connectivity index (χ0) is 22.4. The van der Waals surface area contributed by atoms with Crippen molar-refractivity contribution in [3.63, 3.8) is 0 Å². The van der Waals surface area contributed by atoms with Gasteiger partial charge >= 0.3 is 5.97 Å². The standard InChI is InChI=1S/C23H22FNO5S/c1-16-3-8-19(23(26)29-2)13-22(16)31(27,28)25-14-17-6-11-21(12-7-17)30-15-18-4-9-20(24)10-5-18/h3-13,25H,14-15H2,1-2H3. The first-order valence-electron chi connectivity index (χ1n) is 9.43. The number of halogens is 1. The van der Waals surface area contributed by atoms with Gasteiger partial charge in [-0.15, -0.1) is 0 Å². The summed E-state index contributed by atoms with van der Waals surface area (Å²) in [5, 5.41) is 0. The van der Waals surface area contributed by atoms with Gasteiger partial charge in [0.05, 0.1) is 17.6 Å². The fourth-order valence-corrected chi connectivity index (χ4v) is 4.13. The number of rotatable bonds is 8. The van der Waals surface area contributed by atoms with E-state index in [0.717, 1.165) is 11.1 Å². The fourth-order valence-electron chi connectivity index (χ4n) is 2.84. The molecule has 31 heavy (non-hydrogen) atoms. The summed E-state index contributed by atoms with van der Waals surface area (Å²) in [5.41, 5.74) is 2.25. The molecular formula is C23H22FNO5S. The molecule has 0 aliphatic carbocycles. The molecule has 8 heteroatoms. The highest BCUT2D eigenvalue weighted by atomic mass is 32.2. The largest absolute Gasteiger partial charge is 0.489 e. The quantitative estimate of drug-likeness (QED) is 0.533. The normalized spacial score (nSPS) is 11.2. The smallest absolute Gasteiger partial charge is 0.337 e. The first-order valence-corrected chi connectivity index (χ1v) is 10.9. The van der Waals surface area contributed by atoms with Gasteiger partial charge in [-0.25, -0.2) is 22.3 Å². The Morgan fingerprint density at radius 3 is 2.26 bits per heavy atom. The minimum absolute atomic E-state index is 0.0228. The molecule has 0 aliphatic rings. The van der Waals surface area contributed by atoms with Crippen molar-refractivity contribution in [1.29, 1.82) is 0 Å². The van der Waals surface area contributed by atoms with Crippen LogP contribution in [0, 0.1) is 12.7 Å².